The molecule has 86 valence electrons. The van der Waals surface area contributed by atoms with Crippen LogP contribution >= 0.6 is 0 Å². The predicted molar refractivity (Wildman–Crippen MR) is 65.8 cm³/mol. The van der Waals surface area contributed by atoms with Crippen LogP contribution in [0.4, 0.5) is 0 Å². The third kappa shape index (κ3) is 2.72. The van der Waals surface area contributed by atoms with Gasteiger partial charge in [-0.1, -0.05) is 25.1 Å². The Bertz CT molecular complexity index is 354. The van der Waals surface area contributed by atoms with Gasteiger partial charge < -0.3 is 9.53 Å². The Morgan fingerprint density at radius 2 is 2.00 bits per heavy atom. The molecule has 0 bridgehead atoms. The molecule has 1 atom stereocenters. The number of ether oxygens (including phenoxy) is 1. The Labute approximate surface area is 96.9 Å². The second kappa shape index (κ2) is 5.50. The fourth-order valence-corrected chi connectivity index (χ4v) is 1.69. The average molecular weight is 218 g/mol. The van der Waals surface area contributed by atoms with Crippen LogP contribution in [0.3, 0.4) is 0 Å². The Kier molecular flexibility index (Phi) is 4.29. The summed E-state index contributed by atoms with van der Waals surface area (Å²) in [6.45, 7) is 5.95. The molecule has 0 radical (unpaired) electrons. The molecule has 0 aromatic heterocycles. The molecule has 1 aromatic carbocycles. The van der Waals surface area contributed by atoms with Gasteiger partial charge in [0, 0.05) is 11.8 Å². The van der Waals surface area contributed by atoms with Crippen molar-refractivity contribution in [3.05, 3.63) is 42.5 Å². The summed E-state index contributed by atoms with van der Waals surface area (Å²) in [6, 6.07) is 7.90. The van der Waals surface area contributed by atoms with Crippen molar-refractivity contribution in [3.8, 4) is 5.75 Å². The number of benzene rings is 1. The van der Waals surface area contributed by atoms with Gasteiger partial charge in [0.25, 0.3) is 0 Å². The summed E-state index contributed by atoms with van der Waals surface area (Å²) in [6.07, 6.45) is 4.18. The van der Waals surface area contributed by atoms with E-state index in [0.717, 1.165) is 24.0 Å². The van der Waals surface area contributed by atoms with Gasteiger partial charge in [-0.2, -0.15) is 0 Å². The van der Waals surface area contributed by atoms with Gasteiger partial charge in [-0.3, -0.25) is 0 Å². The molecule has 0 amide bonds. The number of aldehydes is 1. The minimum absolute atomic E-state index is 0.146. The molecule has 0 saturated heterocycles. The molecule has 0 aliphatic carbocycles. The highest BCUT2D eigenvalue weighted by Gasteiger charge is 2.22. The van der Waals surface area contributed by atoms with Crippen LogP contribution in [-0.4, -0.2) is 13.4 Å². The maximum absolute atomic E-state index is 10.4. The highest BCUT2D eigenvalue weighted by Crippen LogP contribution is 2.30. The molecule has 0 aliphatic rings. The lowest BCUT2D eigenvalue weighted by Gasteiger charge is -2.25. The van der Waals surface area contributed by atoms with E-state index < -0.39 is 0 Å². The zero-order chi connectivity index (χ0) is 12.0. The van der Waals surface area contributed by atoms with Crippen LogP contribution in [-0.2, 0) is 10.2 Å². The van der Waals surface area contributed by atoms with Gasteiger partial charge in [0.05, 0.1) is 7.11 Å². The van der Waals surface area contributed by atoms with Gasteiger partial charge in [0.2, 0.25) is 0 Å². The van der Waals surface area contributed by atoms with Gasteiger partial charge in [0.1, 0.15) is 12.0 Å². The van der Waals surface area contributed by atoms with Gasteiger partial charge in [-0.15, -0.1) is 6.58 Å². The van der Waals surface area contributed by atoms with E-state index in [-0.39, 0.29) is 5.41 Å². The molecule has 1 aromatic rings. The summed E-state index contributed by atoms with van der Waals surface area (Å²) >= 11 is 0. The first-order valence-corrected chi connectivity index (χ1v) is 5.38. The van der Waals surface area contributed by atoms with E-state index in [9.17, 15) is 4.79 Å². The van der Waals surface area contributed by atoms with Crippen LogP contribution in [0.2, 0.25) is 0 Å². The van der Waals surface area contributed by atoms with Gasteiger partial charge >= 0.3 is 0 Å². The molecule has 0 spiro atoms. The molecule has 2 nitrogen and oxygen atoms in total. The molecule has 0 unspecified atom stereocenters. The summed E-state index contributed by atoms with van der Waals surface area (Å²) in [5.41, 5.74) is 1.01. The molecule has 0 saturated carbocycles. The number of allylic oxidation sites excluding steroid dienone is 1. The van der Waals surface area contributed by atoms with Crippen molar-refractivity contribution in [2.75, 3.05) is 7.11 Å². The predicted octanol–water partition coefficient (Wildman–Crippen LogP) is 3.12. The van der Waals surface area contributed by atoms with Crippen molar-refractivity contribution in [3.63, 3.8) is 0 Å². The molecular weight excluding hydrogens is 200 g/mol. The van der Waals surface area contributed by atoms with E-state index in [1.807, 2.05) is 30.3 Å². The third-order valence-corrected chi connectivity index (χ3v) is 2.98. The number of methoxy groups -OCH3 is 1. The molecule has 0 fully saturated rings. The zero-order valence-corrected chi connectivity index (χ0v) is 9.90. The van der Waals surface area contributed by atoms with Crippen LogP contribution in [0.15, 0.2) is 36.9 Å². The smallest absolute Gasteiger partial charge is 0.120 e. The largest absolute Gasteiger partial charge is 0.497 e. The van der Waals surface area contributed by atoms with E-state index in [4.69, 9.17) is 4.74 Å². The van der Waals surface area contributed by atoms with Crippen molar-refractivity contribution in [2.24, 2.45) is 0 Å². The fourth-order valence-electron chi connectivity index (χ4n) is 1.69. The van der Waals surface area contributed by atoms with E-state index in [1.165, 1.54) is 0 Å². The second-order valence-electron chi connectivity index (χ2n) is 4.06. The maximum atomic E-state index is 10.4. The fraction of sp³-hybridized carbons (Fsp3) is 0.357. The molecule has 0 heterocycles. The highest BCUT2D eigenvalue weighted by molar-refractivity contribution is 5.50. The quantitative estimate of drug-likeness (QED) is 0.541. The SMILES string of the molecule is C=C[C@](C)(CCC=O)c1ccc(OC)cc1. The minimum Gasteiger partial charge on any atom is -0.497 e. The Morgan fingerprint density at radius 3 is 2.44 bits per heavy atom. The van der Waals surface area contributed by atoms with Crippen molar-refractivity contribution in [1.82, 2.24) is 0 Å². The summed E-state index contributed by atoms with van der Waals surface area (Å²) < 4.78 is 5.11. The van der Waals surface area contributed by atoms with Crippen molar-refractivity contribution < 1.29 is 9.53 Å². The van der Waals surface area contributed by atoms with Crippen molar-refractivity contribution in [2.45, 2.75) is 25.2 Å². The summed E-state index contributed by atoms with van der Waals surface area (Å²) in [4.78, 5) is 10.4. The Balaban J connectivity index is 2.93. The summed E-state index contributed by atoms with van der Waals surface area (Å²) in [7, 11) is 1.65. The first kappa shape index (κ1) is 12.5. The normalized spacial score (nSPS) is 13.9. The molecule has 16 heavy (non-hydrogen) atoms. The van der Waals surface area contributed by atoms with E-state index in [2.05, 4.69) is 13.5 Å². The van der Waals surface area contributed by atoms with Crippen LogP contribution in [0.1, 0.15) is 25.3 Å². The number of carbonyl (C=O) groups is 1. The summed E-state index contributed by atoms with van der Waals surface area (Å²) in [5, 5.41) is 0. The Hall–Kier alpha value is -1.57. The average Bonchev–Trinajstić information content (AvgIpc) is 2.36. The lowest BCUT2D eigenvalue weighted by molar-refractivity contribution is -0.108. The molecule has 0 N–H and O–H groups in total. The molecular formula is C14H18O2. The van der Waals surface area contributed by atoms with E-state index in [1.54, 1.807) is 7.11 Å². The van der Waals surface area contributed by atoms with Crippen LogP contribution in [0, 0.1) is 0 Å². The van der Waals surface area contributed by atoms with Crippen LogP contribution < -0.4 is 4.74 Å². The lowest BCUT2D eigenvalue weighted by atomic mass is 9.79. The number of hydrogen-bond acceptors (Lipinski definition) is 2. The first-order chi connectivity index (χ1) is 7.66. The van der Waals surface area contributed by atoms with Crippen LogP contribution in [0.5, 0.6) is 5.75 Å². The molecule has 2 heteroatoms. The zero-order valence-electron chi connectivity index (χ0n) is 9.90. The van der Waals surface area contributed by atoms with Gasteiger partial charge in [0.15, 0.2) is 0 Å². The number of rotatable bonds is 6. The highest BCUT2D eigenvalue weighted by atomic mass is 16.5. The van der Waals surface area contributed by atoms with Gasteiger partial charge in [-0.05, 0) is 24.1 Å². The topological polar surface area (TPSA) is 26.3 Å². The second-order valence-corrected chi connectivity index (χ2v) is 4.06. The minimum atomic E-state index is -0.146. The third-order valence-electron chi connectivity index (χ3n) is 2.98. The Morgan fingerprint density at radius 1 is 1.38 bits per heavy atom. The van der Waals surface area contributed by atoms with Crippen LogP contribution in [0.25, 0.3) is 0 Å². The standard InChI is InChI=1S/C14H18O2/c1-4-14(2,10-5-11-15)12-6-8-13(16-3)9-7-12/h4,6-9,11H,1,5,10H2,2-3H3/t14-/m1/s1. The number of carbonyl (C=O) groups excluding carboxylic acids is 1. The van der Waals surface area contributed by atoms with E-state index >= 15 is 0 Å². The van der Waals surface area contributed by atoms with E-state index in [0.29, 0.717) is 6.42 Å². The van der Waals surface area contributed by atoms with Crippen molar-refractivity contribution >= 4 is 6.29 Å². The number of hydrogen-bond donors (Lipinski definition) is 0. The monoisotopic (exact) mass is 218 g/mol. The first-order valence-electron chi connectivity index (χ1n) is 5.38. The lowest BCUT2D eigenvalue weighted by Crippen LogP contribution is -2.18. The maximum Gasteiger partial charge on any atom is 0.120 e. The van der Waals surface area contributed by atoms with Crippen molar-refractivity contribution in [1.29, 1.82) is 0 Å². The summed E-state index contributed by atoms with van der Waals surface area (Å²) in [5.74, 6) is 0.838. The molecule has 1 rings (SSSR count). The molecule has 0 aliphatic heterocycles. The van der Waals surface area contributed by atoms with Gasteiger partial charge in [-0.25, -0.2) is 0 Å².